The number of ether oxygens (including phenoxy) is 1. The predicted molar refractivity (Wildman–Crippen MR) is 102 cm³/mol. The fraction of sp³-hybridized carbons (Fsp3) is 0.294. The molecule has 2 aromatic rings. The lowest BCUT2D eigenvalue weighted by Gasteiger charge is -2.19. The fourth-order valence-electron chi connectivity index (χ4n) is 1.75. The summed E-state index contributed by atoms with van der Waals surface area (Å²) in [4.78, 5) is 20.1. The Morgan fingerprint density at radius 2 is 1.88 bits per heavy atom. The van der Waals surface area contributed by atoms with Gasteiger partial charge in [0.2, 0.25) is 5.95 Å². The van der Waals surface area contributed by atoms with Gasteiger partial charge in [-0.15, -0.1) is 0 Å². The lowest BCUT2D eigenvalue weighted by molar-refractivity contribution is 0.0634. The second kappa shape index (κ2) is 8.06. The molecular formula is C17H20BrN5O2. The van der Waals surface area contributed by atoms with E-state index in [9.17, 15) is 4.79 Å². The summed E-state index contributed by atoms with van der Waals surface area (Å²) in [6.45, 7) is 7.17. The van der Waals surface area contributed by atoms with Crippen molar-refractivity contribution in [1.82, 2.24) is 9.97 Å². The maximum Gasteiger partial charge on any atom is 0.414 e. The van der Waals surface area contributed by atoms with E-state index in [0.29, 0.717) is 11.4 Å². The van der Waals surface area contributed by atoms with Gasteiger partial charge in [-0.05, 0) is 58.0 Å². The van der Waals surface area contributed by atoms with Crippen molar-refractivity contribution in [2.75, 3.05) is 10.7 Å². The van der Waals surface area contributed by atoms with Gasteiger partial charge in [-0.3, -0.25) is 10.7 Å². The molecule has 0 aliphatic rings. The van der Waals surface area contributed by atoms with E-state index < -0.39 is 11.7 Å². The number of nitrogens with zero attached hydrogens (tertiary/aromatic N) is 3. The number of rotatable bonds is 4. The summed E-state index contributed by atoms with van der Waals surface area (Å²) in [5.41, 5.74) is 4.46. The van der Waals surface area contributed by atoms with Gasteiger partial charge >= 0.3 is 6.09 Å². The number of hydrazone groups is 1. The van der Waals surface area contributed by atoms with Crippen molar-refractivity contribution < 1.29 is 9.53 Å². The van der Waals surface area contributed by atoms with Crippen LogP contribution in [0.5, 0.6) is 0 Å². The van der Waals surface area contributed by atoms with Gasteiger partial charge in [-0.2, -0.15) is 5.10 Å². The van der Waals surface area contributed by atoms with Crippen LogP contribution in [0.3, 0.4) is 0 Å². The molecule has 2 rings (SSSR count). The number of amides is 1. The molecular weight excluding hydrogens is 386 g/mol. The number of benzene rings is 1. The smallest absolute Gasteiger partial charge is 0.414 e. The van der Waals surface area contributed by atoms with Crippen LogP contribution in [0.4, 0.5) is 16.4 Å². The van der Waals surface area contributed by atoms with Crippen LogP contribution >= 0.6 is 15.9 Å². The van der Waals surface area contributed by atoms with E-state index >= 15 is 0 Å². The Kier molecular flexibility index (Phi) is 6.08. The molecule has 0 saturated carbocycles. The van der Waals surface area contributed by atoms with E-state index in [2.05, 4.69) is 41.7 Å². The molecule has 0 aliphatic carbocycles. The molecule has 0 atom stereocenters. The van der Waals surface area contributed by atoms with Crippen LogP contribution in [0.25, 0.3) is 0 Å². The molecule has 0 fully saturated rings. The molecule has 0 bridgehead atoms. The minimum atomic E-state index is -0.604. The lowest BCUT2D eigenvalue weighted by Crippen LogP contribution is -2.28. The largest absolute Gasteiger partial charge is 0.444 e. The summed E-state index contributed by atoms with van der Waals surface area (Å²) >= 11 is 3.38. The van der Waals surface area contributed by atoms with Gasteiger partial charge in [0.25, 0.3) is 0 Å². The lowest BCUT2D eigenvalue weighted by atomic mass is 10.2. The standard InChI is InChI=1S/C17H20BrN5O2/c1-11(22-23-13-7-5-12(18)6-8-13)14-9-10-19-15(20-14)21-16(24)25-17(2,3)4/h5-10,23H,1-4H3,(H,19,20,21,24)/b22-11+. The highest BCUT2D eigenvalue weighted by Crippen LogP contribution is 2.14. The Balaban J connectivity index is 2.05. The number of carbonyl (C=O) groups is 1. The average Bonchev–Trinajstić information content (AvgIpc) is 2.52. The molecule has 0 saturated heterocycles. The van der Waals surface area contributed by atoms with Gasteiger partial charge in [0.15, 0.2) is 0 Å². The van der Waals surface area contributed by atoms with Crippen LogP contribution in [0.2, 0.25) is 0 Å². The van der Waals surface area contributed by atoms with Crippen LogP contribution < -0.4 is 10.7 Å². The van der Waals surface area contributed by atoms with Crippen LogP contribution in [0, 0.1) is 0 Å². The topological polar surface area (TPSA) is 88.5 Å². The van der Waals surface area contributed by atoms with Gasteiger partial charge in [0.05, 0.1) is 17.1 Å². The van der Waals surface area contributed by atoms with Crippen LogP contribution in [0.1, 0.15) is 33.4 Å². The molecule has 1 amide bonds. The molecule has 0 aliphatic heterocycles. The zero-order valence-electron chi connectivity index (χ0n) is 14.5. The van der Waals surface area contributed by atoms with Gasteiger partial charge in [0.1, 0.15) is 5.60 Å². The van der Waals surface area contributed by atoms with Gasteiger partial charge in [0, 0.05) is 10.7 Å². The first-order valence-electron chi connectivity index (χ1n) is 7.62. The SMILES string of the molecule is C/C(=N\Nc1ccc(Br)cc1)c1ccnc(NC(=O)OC(C)(C)C)n1. The van der Waals surface area contributed by atoms with E-state index in [0.717, 1.165) is 10.2 Å². The Hall–Kier alpha value is -2.48. The van der Waals surface area contributed by atoms with E-state index in [1.807, 2.05) is 31.2 Å². The zero-order chi connectivity index (χ0) is 18.4. The molecule has 132 valence electrons. The van der Waals surface area contributed by atoms with E-state index in [1.165, 1.54) is 0 Å². The first-order chi connectivity index (χ1) is 11.7. The molecule has 0 spiro atoms. The third kappa shape index (κ3) is 6.50. The van der Waals surface area contributed by atoms with Crippen LogP contribution in [-0.2, 0) is 4.74 Å². The predicted octanol–water partition coefficient (Wildman–Crippen LogP) is 4.42. The Morgan fingerprint density at radius 3 is 2.52 bits per heavy atom. The van der Waals surface area contributed by atoms with Crippen molar-refractivity contribution in [3.8, 4) is 0 Å². The Morgan fingerprint density at radius 1 is 1.20 bits per heavy atom. The second-order valence-corrected chi connectivity index (χ2v) is 7.12. The highest BCUT2D eigenvalue weighted by atomic mass is 79.9. The molecule has 1 aromatic heterocycles. The zero-order valence-corrected chi connectivity index (χ0v) is 16.1. The second-order valence-electron chi connectivity index (χ2n) is 6.21. The monoisotopic (exact) mass is 405 g/mol. The van der Waals surface area contributed by atoms with Gasteiger partial charge in [-0.1, -0.05) is 15.9 Å². The number of carbonyl (C=O) groups excluding carboxylic acids is 1. The number of aromatic nitrogens is 2. The van der Waals surface area contributed by atoms with Crippen LogP contribution in [-0.4, -0.2) is 27.4 Å². The summed E-state index contributed by atoms with van der Waals surface area (Å²) in [5.74, 6) is 0.157. The van der Waals surface area contributed by atoms with Crippen molar-refractivity contribution in [3.05, 3.63) is 46.7 Å². The van der Waals surface area contributed by atoms with E-state index in [-0.39, 0.29) is 5.95 Å². The summed E-state index contributed by atoms with van der Waals surface area (Å²) in [7, 11) is 0. The third-order valence-corrected chi connectivity index (χ3v) is 3.36. The number of anilines is 2. The summed E-state index contributed by atoms with van der Waals surface area (Å²) in [5, 5.41) is 6.80. The first-order valence-corrected chi connectivity index (χ1v) is 8.41. The quantitative estimate of drug-likeness (QED) is 0.580. The molecule has 7 nitrogen and oxygen atoms in total. The molecule has 1 aromatic carbocycles. The van der Waals surface area contributed by atoms with Crippen molar-refractivity contribution in [3.63, 3.8) is 0 Å². The van der Waals surface area contributed by atoms with Crippen LogP contribution in [0.15, 0.2) is 46.1 Å². The molecule has 0 radical (unpaired) electrons. The Labute approximate surface area is 155 Å². The van der Waals surface area contributed by atoms with Crippen molar-refractivity contribution >= 4 is 39.4 Å². The number of halogens is 1. The third-order valence-electron chi connectivity index (χ3n) is 2.84. The van der Waals surface area contributed by atoms with E-state index in [1.54, 1.807) is 33.0 Å². The van der Waals surface area contributed by atoms with Crippen molar-refractivity contribution in [2.24, 2.45) is 5.10 Å². The minimum absolute atomic E-state index is 0.157. The molecule has 0 unspecified atom stereocenters. The highest BCUT2D eigenvalue weighted by Gasteiger charge is 2.17. The number of nitrogens with one attached hydrogen (secondary N) is 2. The first kappa shape index (κ1) is 18.9. The number of hydrogen-bond acceptors (Lipinski definition) is 6. The molecule has 2 N–H and O–H groups in total. The molecule has 8 heteroatoms. The average molecular weight is 406 g/mol. The maximum absolute atomic E-state index is 11.8. The van der Waals surface area contributed by atoms with Gasteiger partial charge < -0.3 is 4.74 Å². The highest BCUT2D eigenvalue weighted by molar-refractivity contribution is 9.10. The summed E-state index contributed by atoms with van der Waals surface area (Å²) in [6, 6.07) is 9.34. The summed E-state index contributed by atoms with van der Waals surface area (Å²) in [6.07, 6.45) is 0.945. The maximum atomic E-state index is 11.8. The van der Waals surface area contributed by atoms with Crippen molar-refractivity contribution in [1.29, 1.82) is 0 Å². The van der Waals surface area contributed by atoms with E-state index in [4.69, 9.17) is 4.74 Å². The minimum Gasteiger partial charge on any atom is -0.444 e. The summed E-state index contributed by atoms with van der Waals surface area (Å²) < 4.78 is 6.17. The van der Waals surface area contributed by atoms with Crippen molar-refractivity contribution in [2.45, 2.75) is 33.3 Å². The Bertz CT molecular complexity index is 769. The fourth-order valence-corrected chi connectivity index (χ4v) is 2.01. The van der Waals surface area contributed by atoms with Gasteiger partial charge in [-0.25, -0.2) is 14.8 Å². The number of hydrogen-bond donors (Lipinski definition) is 2. The molecule has 25 heavy (non-hydrogen) atoms. The normalized spacial score (nSPS) is 11.8. The molecule has 1 heterocycles.